The third-order valence-electron chi connectivity index (χ3n) is 5.44. The fourth-order valence-corrected chi connectivity index (χ4v) is 3.92. The van der Waals surface area contributed by atoms with Crippen LogP contribution in [0.15, 0.2) is 6.20 Å². The Labute approximate surface area is 154 Å². The number of rotatable bonds is 0. The molecule has 1 N–H and O–H groups in total. The highest BCUT2D eigenvalue weighted by Gasteiger charge is 2.51. The van der Waals surface area contributed by atoms with Crippen molar-refractivity contribution in [2.45, 2.75) is 78.0 Å². The maximum atomic E-state index is 12.8. The summed E-state index contributed by atoms with van der Waals surface area (Å²) in [6, 6.07) is -0.208. The van der Waals surface area contributed by atoms with Crippen LogP contribution in [0.1, 0.15) is 71.3 Å². The van der Waals surface area contributed by atoms with Crippen LogP contribution in [0, 0.1) is 5.41 Å². The van der Waals surface area contributed by atoms with Gasteiger partial charge in [0.2, 0.25) is 0 Å². The lowest BCUT2D eigenvalue weighted by Crippen LogP contribution is -2.59. The highest BCUT2D eigenvalue weighted by atomic mass is 16.5. The van der Waals surface area contributed by atoms with E-state index in [1.807, 2.05) is 41.5 Å². The van der Waals surface area contributed by atoms with E-state index in [2.05, 4.69) is 5.10 Å². The second kappa shape index (κ2) is 5.72. The van der Waals surface area contributed by atoms with Crippen molar-refractivity contribution in [2.75, 3.05) is 6.54 Å². The van der Waals surface area contributed by atoms with Crippen molar-refractivity contribution in [3.63, 3.8) is 0 Å². The van der Waals surface area contributed by atoms with E-state index in [1.54, 1.807) is 10.9 Å². The Morgan fingerprint density at radius 1 is 1.31 bits per heavy atom. The average molecular weight is 363 g/mol. The quantitative estimate of drug-likeness (QED) is 0.762. The number of carboxylic acid groups (broad SMARTS) is 1. The van der Waals surface area contributed by atoms with Gasteiger partial charge < -0.3 is 14.7 Å². The molecule has 1 fully saturated rings. The molecule has 7 nitrogen and oxygen atoms in total. The molecule has 1 saturated heterocycles. The van der Waals surface area contributed by atoms with E-state index in [1.165, 1.54) is 4.90 Å². The predicted molar refractivity (Wildman–Crippen MR) is 96.7 cm³/mol. The number of carbonyl (C=O) groups is 2. The van der Waals surface area contributed by atoms with Gasteiger partial charge in [-0.2, -0.15) is 5.10 Å². The molecule has 2 unspecified atom stereocenters. The highest BCUT2D eigenvalue weighted by Crippen LogP contribution is 2.44. The Balaban J connectivity index is 1.94. The largest absolute Gasteiger partial charge is 0.483 e. The van der Waals surface area contributed by atoms with Crippen LogP contribution in [0.2, 0.25) is 0 Å². The minimum absolute atomic E-state index is 0.0225. The van der Waals surface area contributed by atoms with Gasteiger partial charge >= 0.3 is 6.09 Å². The van der Waals surface area contributed by atoms with Gasteiger partial charge in [0, 0.05) is 25.4 Å². The number of hydrogen-bond donors (Lipinski definition) is 1. The number of fused-ring (bicyclic) bond motifs is 1. The second-order valence-electron chi connectivity index (χ2n) is 9.65. The number of hydrogen-bond acceptors (Lipinski definition) is 4. The number of Topliss-reactive ketones (excluding diaryl/α,β-unsaturated/α-hetero) is 1. The van der Waals surface area contributed by atoms with E-state index in [-0.39, 0.29) is 29.2 Å². The van der Waals surface area contributed by atoms with Gasteiger partial charge in [0.15, 0.2) is 17.2 Å². The molecule has 7 heteroatoms. The van der Waals surface area contributed by atoms with Crippen LogP contribution in [-0.2, 0) is 5.54 Å². The van der Waals surface area contributed by atoms with Gasteiger partial charge in [-0.3, -0.25) is 9.48 Å². The lowest BCUT2D eigenvalue weighted by molar-refractivity contribution is -0.0522. The molecule has 26 heavy (non-hydrogen) atoms. The lowest BCUT2D eigenvalue weighted by atomic mass is 9.72. The molecule has 1 aromatic rings. The zero-order valence-corrected chi connectivity index (χ0v) is 16.5. The third-order valence-corrected chi connectivity index (χ3v) is 5.44. The summed E-state index contributed by atoms with van der Waals surface area (Å²) in [5.41, 5.74) is -0.749. The Bertz CT molecular complexity index is 741. The summed E-state index contributed by atoms with van der Waals surface area (Å²) in [4.78, 5) is 25.9. The predicted octanol–water partition coefficient (Wildman–Crippen LogP) is 3.53. The number of nitrogens with zero attached hydrogens (tertiary/aromatic N) is 3. The summed E-state index contributed by atoms with van der Waals surface area (Å²) < 4.78 is 8.10. The molecule has 1 amide bonds. The number of likely N-dealkylation sites (tertiary alicyclic amines) is 1. The second-order valence-corrected chi connectivity index (χ2v) is 9.65. The third kappa shape index (κ3) is 3.19. The van der Waals surface area contributed by atoms with Crippen LogP contribution in [0.5, 0.6) is 5.75 Å². The first-order valence-corrected chi connectivity index (χ1v) is 9.14. The van der Waals surface area contributed by atoms with Crippen molar-refractivity contribution in [3.8, 4) is 5.75 Å². The summed E-state index contributed by atoms with van der Waals surface area (Å²) in [5.74, 6) is 0.498. The van der Waals surface area contributed by atoms with Crippen LogP contribution in [0.3, 0.4) is 0 Å². The van der Waals surface area contributed by atoms with Crippen LogP contribution < -0.4 is 4.74 Å². The molecule has 144 valence electrons. The SMILES string of the molecule is CC(C)(C)C1CC2(CCN1C(=O)O)CC(=O)c1nn(C(C)(C)C)cc1O2. The van der Waals surface area contributed by atoms with E-state index < -0.39 is 11.7 Å². The zero-order valence-electron chi connectivity index (χ0n) is 16.5. The number of carbonyl (C=O) groups excluding carboxylic acids is 1. The van der Waals surface area contributed by atoms with Crippen LogP contribution in [-0.4, -0.2) is 49.9 Å². The Kier molecular flexibility index (Phi) is 4.12. The highest BCUT2D eigenvalue weighted by molar-refractivity contribution is 5.98. The van der Waals surface area contributed by atoms with Gasteiger partial charge in [-0.1, -0.05) is 20.8 Å². The molecule has 3 rings (SSSR count). The molecule has 0 radical (unpaired) electrons. The van der Waals surface area contributed by atoms with Crippen LogP contribution in [0.25, 0.3) is 0 Å². The first kappa shape index (κ1) is 18.7. The van der Waals surface area contributed by atoms with Gasteiger partial charge in [0.25, 0.3) is 0 Å². The van der Waals surface area contributed by atoms with Gasteiger partial charge in [0.05, 0.1) is 18.2 Å². The van der Waals surface area contributed by atoms with Crippen molar-refractivity contribution >= 4 is 11.9 Å². The molecule has 2 aliphatic rings. The molecule has 0 bridgehead atoms. The topological polar surface area (TPSA) is 84.7 Å². The smallest absolute Gasteiger partial charge is 0.407 e. The molecule has 0 aliphatic carbocycles. The molecular weight excluding hydrogens is 334 g/mol. The first-order chi connectivity index (χ1) is 11.8. The molecule has 1 aromatic heterocycles. The number of ketones is 1. The van der Waals surface area contributed by atoms with E-state index in [0.29, 0.717) is 30.8 Å². The molecule has 0 saturated carbocycles. The fourth-order valence-electron chi connectivity index (χ4n) is 3.92. The number of ether oxygens (including phenoxy) is 1. The normalized spacial score (nSPS) is 26.6. The van der Waals surface area contributed by atoms with Gasteiger partial charge in [-0.25, -0.2) is 4.79 Å². The Hall–Kier alpha value is -2.05. The maximum absolute atomic E-state index is 12.8. The van der Waals surface area contributed by atoms with Crippen molar-refractivity contribution < 1.29 is 19.4 Å². The van der Waals surface area contributed by atoms with Gasteiger partial charge in [-0.05, 0) is 26.2 Å². The summed E-state index contributed by atoms with van der Waals surface area (Å²) in [7, 11) is 0. The number of amides is 1. The summed E-state index contributed by atoms with van der Waals surface area (Å²) in [5, 5.41) is 14.0. The van der Waals surface area contributed by atoms with Crippen LogP contribution >= 0.6 is 0 Å². The van der Waals surface area contributed by atoms with E-state index in [9.17, 15) is 14.7 Å². The van der Waals surface area contributed by atoms with E-state index in [4.69, 9.17) is 4.74 Å². The lowest BCUT2D eigenvalue weighted by Gasteiger charge is -2.50. The van der Waals surface area contributed by atoms with Crippen molar-refractivity contribution in [1.29, 1.82) is 0 Å². The van der Waals surface area contributed by atoms with Crippen LogP contribution in [0.4, 0.5) is 4.79 Å². The molecule has 2 aliphatic heterocycles. The molecular formula is C19H29N3O4. The zero-order chi connectivity index (χ0) is 19.5. The Morgan fingerprint density at radius 3 is 2.50 bits per heavy atom. The van der Waals surface area contributed by atoms with Gasteiger partial charge in [-0.15, -0.1) is 0 Å². The molecule has 3 heterocycles. The minimum Gasteiger partial charge on any atom is -0.483 e. The van der Waals surface area contributed by atoms with E-state index in [0.717, 1.165) is 0 Å². The molecule has 1 spiro atoms. The monoisotopic (exact) mass is 363 g/mol. The standard InChI is InChI=1S/C19H29N3O4/c1-17(2,3)14-10-19(7-8-21(14)16(24)25)9-12(23)15-13(26-19)11-22(20-15)18(4,5)6/h11,14H,7-10H2,1-6H3,(H,24,25). The Morgan fingerprint density at radius 2 is 1.96 bits per heavy atom. The minimum atomic E-state index is -0.914. The summed E-state index contributed by atoms with van der Waals surface area (Å²) in [6.45, 7) is 12.5. The van der Waals surface area contributed by atoms with Gasteiger partial charge in [0.1, 0.15) is 5.60 Å². The molecule has 0 aromatic carbocycles. The fraction of sp³-hybridized carbons (Fsp3) is 0.737. The average Bonchev–Trinajstić information content (AvgIpc) is 2.90. The van der Waals surface area contributed by atoms with Crippen molar-refractivity contribution in [2.24, 2.45) is 5.41 Å². The summed E-state index contributed by atoms with van der Waals surface area (Å²) >= 11 is 0. The first-order valence-electron chi connectivity index (χ1n) is 9.14. The number of piperidine rings is 1. The molecule has 2 atom stereocenters. The number of aromatic nitrogens is 2. The van der Waals surface area contributed by atoms with Crippen molar-refractivity contribution in [1.82, 2.24) is 14.7 Å². The van der Waals surface area contributed by atoms with Crippen molar-refractivity contribution in [3.05, 3.63) is 11.9 Å². The van der Waals surface area contributed by atoms with E-state index >= 15 is 0 Å². The maximum Gasteiger partial charge on any atom is 0.407 e. The summed E-state index contributed by atoms with van der Waals surface area (Å²) in [6.07, 6.45) is 2.15.